The number of likely N-dealkylation sites (tertiary alicyclic amines) is 1. The van der Waals surface area contributed by atoms with Gasteiger partial charge in [-0.05, 0) is 40.2 Å². The molecule has 2 rings (SSSR count). The van der Waals surface area contributed by atoms with Crippen molar-refractivity contribution in [2.45, 2.75) is 23.5 Å². The zero-order valence-electron chi connectivity index (χ0n) is 10.3. The molecule has 0 radical (unpaired) electrons. The molecule has 1 amide bonds. The van der Waals surface area contributed by atoms with Crippen LogP contribution in [0.1, 0.15) is 19.3 Å². The van der Waals surface area contributed by atoms with E-state index >= 15 is 0 Å². The Bertz CT molecular complexity index is 556. The summed E-state index contributed by atoms with van der Waals surface area (Å²) < 4.78 is 27.4. The Balaban J connectivity index is 1.79. The highest BCUT2D eigenvalue weighted by Crippen LogP contribution is 2.27. The second-order valence-corrected chi connectivity index (χ2v) is 8.02. The van der Waals surface area contributed by atoms with E-state index in [4.69, 9.17) is 0 Å². The molecule has 0 bridgehead atoms. The minimum atomic E-state index is -3.44. The van der Waals surface area contributed by atoms with E-state index in [1.165, 1.54) is 11.3 Å². The lowest BCUT2D eigenvalue weighted by molar-refractivity contribution is -0.127. The molecule has 1 aliphatic heterocycles. The Kier molecular flexibility index (Phi) is 4.99. The fraction of sp³-hybridized carbons (Fsp3) is 0.545. The lowest BCUT2D eigenvalue weighted by atomic mass is 10.4. The standard InChI is InChI=1S/C11H15BrN2O3S2/c12-9-4-8-18-11(9)19(16,17)13-5-2-7-14-6-1-3-10(14)15/h4,8,13H,1-3,5-7H2. The number of thiophene rings is 1. The van der Waals surface area contributed by atoms with Crippen molar-refractivity contribution in [3.05, 3.63) is 15.9 Å². The third-order valence-electron chi connectivity index (χ3n) is 2.90. The minimum Gasteiger partial charge on any atom is -0.343 e. The van der Waals surface area contributed by atoms with Crippen molar-refractivity contribution in [2.75, 3.05) is 19.6 Å². The molecule has 0 unspecified atom stereocenters. The van der Waals surface area contributed by atoms with E-state index in [1.54, 1.807) is 16.3 Å². The zero-order valence-corrected chi connectivity index (χ0v) is 13.5. The number of carbonyl (C=O) groups is 1. The maximum Gasteiger partial charge on any atom is 0.251 e. The molecule has 5 nitrogen and oxygen atoms in total. The Morgan fingerprint density at radius 1 is 1.47 bits per heavy atom. The summed E-state index contributed by atoms with van der Waals surface area (Å²) in [5.41, 5.74) is 0. The van der Waals surface area contributed by atoms with Crippen molar-refractivity contribution >= 4 is 43.2 Å². The molecular weight excluding hydrogens is 352 g/mol. The Hall–Kier alpha value is -0.440. The van der Waals surface area contributed by atoms with Gasteiger partial charge in [-0.15, -0.1) is 11.3 Å². The van der Waals surface area contributed by atoms with Crippen molar-refractivity contribution in [1.82, 2.24) is 9.62 Å². The van der Waals surface area contributed by atoms with Crippen molar-refractivity contribution in [3.8, 4) is 0 Å². The summed E-state index contributed by atoms with van der Waals surface area (Å²) in [6.45, 7) is 1.76. The first-order valence-electron chi connectivity index (χ1n) is 6.01. The number of hydrogen-bond acceptors (Lipinski definition) is 4. The first-order chi connectivity index (χ1) is 9.00. The highest BCUT2D eigenvalue weighted by atomic mass is 79.9. The Morgan fingerprint density at radius 2 is 2.26 bits per heavy atom. The SMILES string of the molecule is O=C1CCCN1CCCNS(=O)(=O)c1sccc1Br. The number of hydrogen-bond donors (Lipinski definition) is 1. The van der Waals surface area contributed by atoms with Crippen molar-refractivity contribution in [3.63, 3.8) is 0 Å². The predicted octanol–water partition coefficient (Wildman–Crippen LogP) is 1.80. The van der Waals surface area contributed by atoms with Gasteiger partial charge in [0.05, 0.1) is 0 Å². The van der Waals surface area contributed by atoms with E-state index in [0.717, 1.165) is 13.0 Å². The lowest BCUT2D eigenvalue weighted by Crippen LogP contribution is -2.30. The maximum atomic E-state index is 12.0. The number of nitrogens with zero attached hydrogens (tertiary/aromatic N) is 1. The maximum absolute atomic E-state index is 12.0. The van der Waals surface area contributed by atoms with Crippen LogP contribution in [0, 0.1) is 0 Å². The summed E-state index contributed by atoms with van der Waals surface area (Å²) in [7, 11) is -3.44. The topological polar surface area (TPSA) is 66.5 Å². The van der Waals surface area contributed by atoms with Crippen LogP contribution in [0.25, 0.3) is 0 Å². The molecule has 2 heterocycles. The quantitative estimate of drug-likeness (QED) is 0.780. The van der Waals surface area contributed by atoms with Crippen molar-refractivity contribution in [1.29, 1.82) is 0 Å². The van der Waals surface area contributed by atoms with Crippen LogP contribution in [0.3, 0.4) is 0 Å². The van der Waals surface area contributed by atoms with Crippen molar-refractivity contribution in [2.24, 2.45) is 0 Å². The number of sulfonamides is 1. The van der Waals surface area contributed by atoms with Crippen LogP contribution in [-0.4, -0.2) is 38.9 Å². The van der Waals surface area contributed by atoms with Crippen LogP contribution in [0.15, 0.2) is 20.1 Å². The number of amides is 1. The number of rotatable bonds is 6. The van der Waals surface area contributed by atoms with Gasteiger partial charge < -0.3 is 4.90 Å². The minimum absolute atomic E-state index is 0.170. The molecule has 1 saturated heterocycles. The molecule has 1 aliphatic rings. The summed E-state index contributed by atoms with van der Waals surface area (Å²) in [6.07, 6.45) is 2.16. The number of carbonyl (C=O) groups excluding carboxylic acids is 1. The molecule has 19 heavy (non-hydrogen) atoms. The van der Waals surface area contributed by atoms with Crippen LogP contribution < -0.4 is 4.72 Å². The largest absolute Gasteiger partial charge is 0.343 e. The fourth-order valence-electron chi connectivity index (χ4n) is 1.95. The van der Waals surface area contributed by atoms with Crippen molar-refractivity contribution < 1.29 is 13.2 Å². The molecule has 1 N–H and O–H groups in total. The van der Waals surface area contributed by atoms with Gasteiger partial charge in [-0.1, -0.05) is 0 Å². The Morgan fingerprint density at radius 3 is 2.84 bits per heavy atom. The first-order valence-corrected chi connectivity index (χ1v) is 9.17. The number of halogens is 1. The summed E-state index contributed by atoms with van der Waals surface area (Å²) in [6, 6.07) is 1.71. The molecule has 1 aromatic heterocycles. The van der Waals surface area contributed by atoms with E-state index in [-0.39, 0.29) is 5.91 Å². The third-order valence-corrected chi connectivity index (χ3v) is 7.03. The highest BCUT2D eigenvalue weighted by molar-refractivity contribution is 9.10. The van der Waals surface area contributed by atoms with E-state index in [9.17, 15) is 13.2 Å². The smallest absolute Gasteiger partial charge is 0.251 e. The fourth-order valence-corrected chi connectivity index (χ4v) is 5.41. The average molecular weight is 367 g/mol. The van der Waals surface area contributed by atoms with Crippen LogP contribution in [0.4, 0.5) is 0 Å². The van der Waals surface area contributed by atoms with Crippen LogP contribution in [-0.2, 0) is 14.8 Å². The zero-order chi connectivity index (χ0) is 13.9. The van der Waals surface area contributed by atoms with Gasteiger partial charge in [0.15, 0.2) is 0 Å². The van der Waals surface area contributed by atoms with Crippen LogP contribution in [0.2, 0.25) is 0 Å². The molecule has 1 fully saturated rings. The van der Waals surface area contributed by atoms with E-state index in [2.05, 4.69) is 20.7 Å². The van der Waals surface area contributed by atoms with Gasteiger partial charge in [0.1, 0.15) is 4.21 Å². The molecule has 8 heteroatoms. The molecule has 1 aromatic rings. The summed E-state index contributed by atoms with van der Waals surface area (Å²) >= 11 is 4.39. The Labute approximate surface area is 125 Å². The molecule has 0 spiro atoms. The van der Waals surface area contributed by atoms with Gasteiger partial charge in [-0.2, -0.15) is 0 Å². The lowest BCUT2D eigenvalue weighted by Gasteiger charge is -2.15. The number of nitrogens with one attached hydrogen (secondary N) is 1. The second kappa shape index (κ2) is 6.34. The van der Waals surface area contributed by atoms with Gasteiger partial charge >= 0.3 is 0 Å². The average Bonchev–Trinajstić information content (AvgIpc) is 2.94. The normalized spacial score (nSPS) is 16.3. The van der Waals surface area contributed by atoms with Gasteiger partial charge in [0.2, 0.25) is 5.91 Å². The molecular formula is C11H15BrN2O3S2. The predicted molar refractivity (Wildman–Crippen MR) is 77.6 cm³/mol. The summed E-state index contributed by atoms with van der Waals surface area (Å²) in [5.74, 6) is 0.170. The first kappa shape index (κ1) is 15.0. The van der Waals surface area contributed by atoms with E-state index in [1.807, 2.05) is 0 Å². The van der Waals surface area contributed by atoms with Crippen LogP contribution in [0.5, 0.6) is 0 Å². The second-order valence-electron chi connectivity index (χ2n) is 4.29. The van der Waals surface area contributed by atoms with Gasteiger partial charge in [0, 0.05) is 30.5 Å². The van der Waals surface area contributed by atoms with E-state index < -0.39 is 10.0 Å². The highest BCUT2D eigenvalue weighted by Gasteiger charge is 2.21. The molecule has 0 atom stereocenters. The van der Waals surface area contributed by atoms with Gasteiger partial charge in [0.25, 0.3) is 10.0 Å². The summed E-state index contributed by atoms with van der Waals surface area (Å²) in [5, 5.41) is 1.72. The van der Waals surface area contributed by atoms with E-state index in [0.29, 0.717) is 34.6 Å². The summed E-state index contributed by atoms with van der Waals surface area (Å²) in [4.78, 5) is 13.2. The molecule has 0 aromatic carbocycles. The third kappa shape index (κ3) is 3.77. The molecule has 0 saturated carbocycles. The van der Waals surface area contributed by atoms with Crippen LogP contribution >= 0.6 is 27.3 Å². The monoisotopic (exact) mass is 366 g/mol. The van der Waals surface area contributed by atoms with Gasteiger partial charge in [-0.25, -0.2) is 13.1 Å². The van der Waals surface area contributed by atoms with Gasteiger partial charge in [-0.3, -0.25) is 4.79 Å². The molecule has 0 aliphatic carbocycles. The molecule has 106 valence electrons.